The molecule has 0 saturated heterocycles. The topological polar surface area (TPSA) is 53.3 Å². The molecule has 0 aliphatic rings. The van der Waals surface area contributed by atoms with E-state index in [1.807, 2.05) is 24.3 Å². The maximum absolute atomic E-state index is 12.8. The molecule has 0 aromatic heterocycles. The molecule has 25 heavy (non-hydrogen) atoms. The number of hydrogen-bond donors (Lipinski definition) is 0. The average molecular weight is 398 g/mol. The molecule has 1 atom stereocenters. The minimum absolute atomic E-state index is 0.209. The van der Waals surface area contributed by atoms with E-state index >= 15 is 0 Å². The Morgan fingerprint density at radius 3 is 2.44 bits per heavy atom. The number of nitrogens with zero attached hydrogens (tertiary/aromatic N) is 2. The molecule has 0 fully saturated rings. The van der Waals surface area contributed by atoms with Gasteiger partial charge in [0.25, 0.3) is 5.91 Å². The average Bonchev–Trinajstić information content (AvgIpc) is 2.60. The van der Waals surface area contributed by atoms with Crippen LogP contribution >= 0.6 is 34.8 Å². The molecule has 2 aromatic carbocycles. The first-order valence-electron chi connectivity index (χ1n) is 7.48. The summed E-state index contributed by atoms with van der Waals surface area (Å²) in [5.74, 6) is -0.0196. The van der Waals surface area contributed by atoms with Crippen LogP contribution < -0.4 is 9.64 Å². The van der Waals surface area contributed by atoms with Crippen LogP contribution in [0.1, 0.15) is 13.3 Å². The highest BCUT2D eigenvalue weighted by Crippen LogP contribution is 2.34. The van der Waals surface area contributed by atoms with Crippen molar-refractivity contribution < 1.29 is 9.53 Å². The zero-order valence-electron chi connectivity index (χ0n) is 13.4. The molecule has 2 aromatic rings. The number of ether oxygens (including phenoxy) is 1. The van der Waals surface area contributed by atoms with Gasteiger partial charge in [-0.3, -0.25) is 4.79 Å². The fourth-order valence-electron chi connectivity index (χ4n) is 2.19. The van der Waals surface area contributed by atoms with E-state index < -0.39 is 6.10 Å². The number of benzene rings is 2. The number of hydrogen-bond acceptors (Lipinski definition) is 3. The number of carbonyl (C=O) groups excluding carboxylic acids is 1. The Kier molecular flexibility index (Phi) is 6.95. The van der Waals surface area contributed by atoms with E-state index in [9.17, 15) is 4.79 Å². The van der Waals surface area contributed by atoms with Crippen LogP contribution in [0.25, 0.3) is 0 Å². The Morgan fingerprint density at radius 2 is 1.80 bits per heavy atom. The highest BCUT2D eigenvalue weighted by Gasteiger charge is 2.24. The van der Waals surface area contributed by atoms with Crippen LogP contribution in [0.4, 0.5) is 5.69 Å². The Bertz CT molecular complexity index is 791. The zero-order chi connectivity index (χ0) is 18.4. The zero-order valence-corrected chi connectivity index (χ0v) is 15.6. The minimum Gasteiger partial charge on any atom is -0.479 e. The van der Waals surface area contributed by atoms with Crippen LogP contribution in [0, 0.1) is 11.3 Å². The van der Waals surface area contributed by atoms with Crippen LogP contribution in [0.5, 0.6) is 5.75 Å². The highest BCUT2D eigenvalue weighted by molar-refractivity contribution is 6.43. The second-order valence-electron chi connectivity index (χ2n) is 5.19. The number of para-hydroxylation sites is 1. The summed E-state index contributed by atoms with van der Waals surface area (Å²) < 4.78 is 5.68. The van der Waals surface area contributed by atoms with Crippen LogP contribution in [-0.2, 0) is 4.79 Å². The number of amides is 1. The van der Waals surface area contributed by atoms with E-state index in [1.54, 1.807) is 19.1 Å². The van der Waals surface area contributed by atoms with Crippen molar-refractivity contribution >= 4 is 46.4 Å². The summed E-state index contributed by atoms with van der Waals surface area (Å²) in [5.41, 5.74) is 0.693. The third kappa shape index (κ3) is 5.02. The van der Waals surface area contributed by atoms with Gasteiger partial charge in [0, 0.05) is 18.3 Å². The van der Waals surface area contributed by atoms with E-state index in [0.29, 0.717) is 10.7 Å². The molecule has 0 unspecified atom stereocenters. The lowest BCUT2D eigenvalue weighted by atomic mass is 10.2. The van der Waals surface area contributed by atoms with Gasteiger partial charge in [-0.15, -0.1) is 0 Å². The third-order valence-electron chi connectivity index (χ3n) is 3.41. The Hall–Kier alpha value is -1.93. The van der Waals surface area contributed by atoms with Crippen molar-refractivity contribution in [3.05, 3.63) is 57.5 Å². The standard InChI is InChI=1S/C18H15Cl3N2O2/c1-12(25-17-11-15(20)14(19)10-16(17)21)18(24)23(9-5-8-22)13-6-3-2-4-7-13/h2-4,6-7,10-12H,5,9H2,1H3/t12-/m1/s1. The van der Waals surface area contributed by atoms with Crippen LogP contribution in [0.3, 0.4) is 0 Å². The van der Waals surface area contributed by atoms with Crippen molar-refractivity contribution in [3.8, 4) is 11.8 Å². The monoisotopic (exact) mass is 396 g/mol. The first kappa shape index (κ1) is 19.4. The molecule has 0 saturated carbocycles. The summed E-state index contributed by atoms with van der Waals surface area (Å²) in [5, 5.41) is 9.69. The molecule has 2 rings (SSSR count). The van der Waals surface area contributed by atoms with Gasteiger partial charge in [-0.1, -0.05) is 53.0 Å². The molecule has 0 bridgehead atoms. The highest BCUT2D eigenvalue weighted by atomic mass is 35.5. The van der Waals surface area contributed by atoms with Crippen molar-refractivity contribution in [1.29, 1.82) is 5.26 Å². The van der Waals surface area contributed by atoms with Crippen LogP contribution in [0.15, 0.2) is 42.5 Å². The SMILES string of the molecule is C[C@@H](Oc1cc(Cl)c(Cl)cc1Cl)C(=O)N(CCC#N)c1ccccc1. The first-order chi connectivity index (χ1) is 11.9. The van der Waals surface area contributed by atoms with Gasteiger partial charge in [0.1, 0.15) is 5.75 Å². The molecule has 0 aliphatic carbocycles. The number of rotatable bonds is 6. The molecule has 0 N–H and O–H groups in total. The molecular weight excluding hydrogens is 383 g/mol. The van der Waals surface area contributed by atoms with Gasteiger partial charge in [-0.2, -0.15) is 5.26 Å². The molecule has 0 heterocycles. The van der Waals surface area contributed by atoms with Gasteiger partial charge in [0.2, 0.25) is 0 Å². The van der Waals surface area contributed by atoms with Gasteiger partial charge >= 0.3 is 0 Å². The fraction of sp³-hybridized carbons (Fsp3) is 0.222. The summed E-state index contributed by atoms with van der Waals surface area (Å²) >= 11 is 18.0. The quantitative estimate of drug-likeness (QED) is 0.616. The van der Waals surface area contributed by atoms with Crippen molar-refractivity contribution in [2.24, 2.45) is 0 Å². The van der Waals surface area contributed by atoms with Crippen molar-refractivity contribution in [1.82, 2.24) is 0 Å². The first-order valence-corrected chi connectivity index (χ1v) is 8.62. The van der Waals surface area contributed by atoms with Gasteiger partial charge < -0.3 is 9.64 Å². The van der Waals surface area contributed by atoms with E-state index in [0.717, 1.165) is 0 Å². The fourth-order valence-corrected chi connectivity index (χ4v) is 2.77. The Balaban J connectivity index is 2.21. The van der Waals surface area contributed by atoms with E-state index in [4.69, 9.17) is 44.8 Å². The molecule has 0 aliphatic heterocycles. The largest absolute Gasteiger partial charge is 0.479 e. The molecule has 130 valence electrons. The van der Waals surface area contributed by atoms with Gasteiger partial charge in [0.15, 0.2) is 6.10 Å². The minimum atomic E-state index is -0.825. The molecule has 1 amide bonds. The van der Waals surface area contributed by atoms with Crippen molar-refractivity contribution in [2.75, 3.05) is 11.4 Å². The smallest absolute Gasteiger partial charge is 0.267 e. The van der Waals surface area contributed by atoms with Gasteiger partial charge in [0.05, 0.1) is 27.6 Å². The molecule has 0 radical (unpaired) electrons. The summed E-state index contributed by atoms with van der Waals surface area (Å²) in [6.07, 6.45) is -0.616. The lowest BCUT2D eigenvalue weighted by molar-refractivity contribution is -0.124. The lowest BCUT2D eigenvalue weighted by Crippen LogP contribution is -2.41. The number of halogens is 3. The maximum Gasteiger partial charge on any atom is 0.267 e. The number of carbonyl (C=O) groups is 1. The maximum atomic E-state index is 12.8. The molecular formula is C18H15Cl3N2O2. The molecule has 0 spiro atoms. The van der Waals surface area contributed by atoms with Gasteiger partial charge in [-0.25, -0.2) is 0 Å². The number of nitriles is 1. The van der Waals surface area contributed by atoms with Crippen molar-refractivity contribution in [2.45, 2.75) is 19.4 Å². The summed E-state index contributed by atoms with van der Waals surface area (Å²) in [7, 11) is 0. The van der Waals surface area contributed by atoms with E-state index in [-0.39, 0.29) is 34.7 Å². The second kappa shape index (κ2) is 8.96. The molecule has 4 nitrogen and oxygen atoms in total. The summed E-state index contributed by atoms with van der Waals surface area (Å²) in [6.45, 7) is 1.88. The van der Waals surface area contributed by atoms with E-state index in [2.05, 4.69) is 0 Å². The normalized spacial score (nSPS) is 11.5. The third-order valence-corrected chi connectivity index (χ3v) is 4.42. The second-order valence-corrected chi connectivity index (χ2v) is 6.41. The lowest BCUT2D eigenvalue weighted by Gasteiger charge is -2.25. The predicted molar refractivity (Wildman–Crippen MR) is 101 cm³/mol. The number of anilines is 1. The summed E-state index contributed by atoms with van der Waals surface area (Å²) in [4.78, 5) is 14.3. The van der Waals surface area contributed by atoms with E-state index in [1.165, 1.54) is 17.0 Å². The van der Waals surface area contributed by atoms with Gasteiger partial charge in [-0.05, 0) is 25.1 Å². The van der Waals surface area contributed by atoms with Crippen LogP contribution in [-0.4, -0.2) is 18.6 Å². The Labute approximate surface area is 161 Å². The Morgan fingerprint density at radius 1 is 1.16 bits per heavy atom. The van der Waals surface area contributed by atoms with Crippen molar-refractivity contribution in [3.63, 3.8) is 0 Å². The predicted octanol–water partition coefficient (Wildman–Crippen LogP) is 5.36. The molecule has 7 heteroatoms. The summed E-state index contributed by atoms with van der Waals surface area (Å²) in [6, 6.07) is 14.1. The van der Waals surface area contributed by atoms with Crippen LogP contribution in [0.2, 0.25) is 15.1 Å².